The van der Waals surface area contributed by atoms with Gasteiger partial charge >= 0.3 is 5.97 Å². The predicted molar refractivity (Wildman–Crippen MR) is 80.0 cm³/mol. The number of hydrogen-bond acceptors (Lipinski definition) is 4. The molecular formula is C15H13ClN2O4. The highest BCUT2D eigenvalue weighted by Gasteiger charge is 2.34. The van der Waals surface area contributed by atoms with Gasteiger partial charge in [-0.3, -0.25) is 14.6 Å². The average Bonchev–Trinajstić information content (AvgIpc) is 2.83. The Morgan fingerprint density at radius 2 is 2.27 bits per heavy atom. The van der Waals surface area contributed by atoms with Crippen LogP contribution in [0.4, 0.5) is 0 Å². The number of carboxylic acids is 1. The normalized spacial score (nSPS) is 18.0. The number of amides is 1. The first kappa shape index (κ1) is 14.6. The third-order valence-corrected chi connectivity index (χ3v) is 3.85. The quantitative estimate of drug-likeness (QED) is 0.931. The van der Waals surface area contributed by atoms with E-state index in [1.807, 2.05) is 6.07 Å². The number of likely N-dealkylation sites (tertiary alicyclic amines) is 1. The minimum atomic E-state index is -1.03. The molecule has 1 atom stereocenters. The number of fused-ring (bicyclic) bond motifs is 1. The Morgan fingerprint density at radius 1 is 1.45 bits per heavy atom. The summed E-state index contributed by atoms with van der Waals surface area (Å²) in [7, 11) is 0. The maximum absolute atomic E-state index is 12.1. The largest absolute Gasteiger partial charge is 0.480 e. The third kappa shape index (κ3) is 2.69. The van der Waals surface area contributed by atoms with Gasteiger partial charge < -0.3 is 14.7 Å². The number of aromatic nitrogens is 1. The van der Waals surface area contributed by atoms with Crippen molar-refractivity contribution in [1.82, 2.24) is 9.88 Å². The number of rotatable bonds is 4. The fraction of sp³-hybridized carbons (Fsp3) is 0.267. The first-order valence-electron chi connectivity index (χ1n) is 6.77. The van der Waals surface area contributed by atoms with Crippen molar-refractivity contribution in [3.63, 3.8) is 0 Å². The van der Waals surface area contributed by atoms with Crippen LogP contribution in [-0.2, 0) is 9.59 Å². The summed E-state index contributed by atoms with van der Waals surface area (Å²) < 4.78 is 5.76. The molecule has 1 N–H and O–H groups in total. The molecule has 114 valence electrons. The van der Waals surface area contributed by atoms with Crippen LogP contribution < -0.4 is 4.74 Å². The lowest BCUT2D eigenvalue weighted by Crippen LogP contribution is -2.35. The topological polar surface area (TPSA) is 79.7 Å². The number of hydrogen-bond donors (Lipinski definition) is 1. The van der Waals surface area contributed by atoms with Crippen LogP contribution in [0.5, 0.6) is 5.75 Å². The minimum absolute atomic E-state index is 0.307. The molecule has 1 aromatic carbocycles. The first-order chi connectivity index (χ1) is 10.6. The molecule has 2 heterocycles. The van der Waals surface area contributed by atoms with Gasteiger partial charge in [-0.2, -0.15) is 0 Å². The SMILES string of the molecule is O=C(O)CN1CCC(Oc2ccc(Cl)c3cccnc23)C1=O. The van der Waals surface area contributed by atoms with E-state index in [1.165, 1.54) is 4.90 Å². The molecule has 22 heavy (non-hydrogen) atoms. The van der Waals surface area contributed by atoms with Gasteiger partial charge in [-0.15, -0.1) is 0 Å². The second kappa shape index (κ2) is 5.81. The van der Waals surface area contributed by atoms with Crippen molar-refractivity contribution in [2.75, 3.05) is 13.1 Å². The third-order valence-electron chi connectivity index (χ3n) is 3.52. The van der Waals surface area contributed by atoms with Crippen molar-refractivity contribution in [3.8, 4) is 5.75 Å². The van der Waals surface area contributed by atoms with Crippen LogP contribution in [-0.4, -0.2) is 46.1 Å². The fourth-order valence-corrected chi connectivity index (χ4v) is 2.72. The number of nitrogens with zero attached hydrogens (tertiary/aromatic N) is 2. The second-order valence-electron chi connectivity index (χ2n) is 4.99. The summed E-state index contributed by atoms with van der Waals surface area (Å²) in [6.45, 7) is 0.0626. The standard InChI is InChI=1S/C15H13ClN2O4/c16-10-3-4-11(14-9(10)2-1-6-17-14)22-12-5-7-18(15(12)21)8-13(19)20/h1-4,6,12H,5,7-8H2,(H,19,20). The van der Waals surface area contributed by atoms with Gasteiger partial charge in [0.1, 0.15) is 17.8 Å². The van der Waals surface area contributed by atoms with Crippen LogP contribution in [0.15, 0.2) is 30.5 Å². The molecule has 0 spiro atoms. The van der Waals surface area contributed by atoms with E-state index in [0.717, 1.165) is 5.39 Å². The molecular weight excluding hydrogens is 308 g/mol. The Hall–Kier alpha value is -2.34. The predicted octanol–water partition coefficient (Wildman–Crippen LogP) is 1.95. The number of carboxylic acid groups (broad SMARTS) is 1. The zero-order valence-electron chi connectivity index (χ0n) is 11.5. The molecule has 6 nitrogen and oxygen atoms in total. The number of halogens is 1. The lowest BCUT2D eigenvalue weighted by Gasteiger charge is -2.16. The number of ether oxygens (including phenoxy) is 1. The van der Waals surface area contributed by atoms with Gasteiger partial charge in [0.05, 0.1) is 5.02 Å². The molecule has 0 aliphatic carbocycles. The van der Waals surface area contributed by atoms with Gasteiger partial charge in [-0.05, 0) is 24.3 Å². The molecule has 1 aliphatic heterocycles. The first-order valence-corrected chi connectivity index (χ1v) is 7.14. The van der Waals surface area contributed by atoms with Crippen LogP contribution in [0.25, 0.3) is 10.9 Å². The average molecular weight is 321 g/mol. The van der Waals surface area contributed by atoms with E-state index in [4.69, 9.17) is 21.4 Å². The van der Waals surface area contributed by atoms with Gasteiger partial charge in [-0.25, -0.2) is 0 Å². The monoisotopic (exact) mass is 320 g/mol. The smallest absolute Gasteiger partial charge is 0.323 e. The summed E-state index contributed by atoms with van der Waals surface area (Å²) in [5, 5.41) is 10.1. The molecule has 0 saturated carbocycles. The molecule has 2 aromatic rings. The molecule has 1 amide bonds. The Labute approximate surface area is 131 Å². The summed E-state index contributed by atoms with van der Waals surface area (Å²) in [6.07, 6.45) is 1.38. The van der Waals surface area contributed by atoms with E-state index in [-0.39, 0.29) is 12.5 Å². The maximum atomic E-state index is 12.1. The zero-order chi connectivity index (χ0) is 15.7. The van der Waals surface area contributed by atoms with E-state index in [9.17, 15) is 9.59 Å². The Morgan fingerprint density at radius 3 is 3.05 bits per heavy atom. The highest BCUT2D eigenvalue weighted by Crippen LogP contribution is 2.31. The number of carbonyl (C=O) groups is 2. The van der Waals surface area contributed by atoms with Crippen molar-refractivity contribution in [1.29, 1.82) is 0 Å². The number of benzene rings is 1. The lowest BCUT2D eigenvalue weighted by atomic mass is 10.2. The summed E-state index contributed by atoms with van der Waals surface area (Å²) in [4.78, 5) is 28.4. The molecule has 1 saturated heterocycles. The van der Waals surface area contributed by atoms with E-state index < -0.39 is 12.1 Å². The van der Waals surface area contributed by atoms with E-state index in [2.05, 4.69) is 4.98 Å². The molecule has 3 rings (SSSR count). The number of carbonyl (C=O) groups excluding carboxylic acids is 1. The van der Waals surface area contributed by atoms with Crippen LogP contribution >= 0.6 is 11.6 Å². The number of pyridine rings is 1. The Kier molecular flexibility index (Phi) is 3.85. The van der Waals surface area contributed by atoms with E-state index >= 15 is 0 Å². The van der Waals surface area contributed by atoms with Gasteiger partial charge in [0, 0.05) is 24.5 Å². The molecule has 1 unspecified atom stereocenters. The van der Waals surface area contributed by atoms with Crippen LogP contribution in [0, 0.1) is 0 Å². The fourth-order valence-electron chi connectivity index (χ4n) is 2.50. The lowest BCUT2D eigenvalue weighted by molar-refractivity contribution is -0.144. The number of aliphatic carboxylic acids is 1. The van der Waals surface area contributed by atoms with Gasteiger partial charge in [-0.1, -0.05) is 11.6 Å². The second-order valence-corrected chi connectivity index (χ2v) is 5.40. The van der Waals surface area contributed by atoms with E-state index in [0.29, 0.717) is 29.3 Å². The van der Waals surface area contributed by atoms with Crippen LogP contribution in [0.2, 0.25) is 5.02 Å². The Balaban J connectivity index is 1.84. The van der Waals surface area contributed by atoms with Crippen molar-refractivity contribution in [3.05, 3.63) is 35.5 Å². The zero-order valence-corrected chi connectivity index (χ0v) is 12.3. The minimum Gasteiger partial charge on any atom is -0.480 e. The molecule has 1 fully saturated rings. The highest BCUT2D eigenvalue weighted by atomic mass is 35.5. The molecule has 0 bridgehead atoms. The van der Waals surface area contributed by atoms with Crippen LogP contribution in [0.3, 0.4) is 0 Å². The van der Waals surface area contributed by atoms with Crippen molar-refractivity contribution in [2.45, 2.75) is 12.5 Å². The maximum Gasteiger partial charge on any atom is 0.323 e. The van der Waals surface area contributed by atoms with Crippen molar-refractivity contribution < 1.29 is 19.4 Å². The molecule has 7 heteroatoms. The molecule has 1 aromatic heterocycles. The van der Waals surface area contributed by atoms with Gasteiger partial charge in [0.15, 0.2) is 6.10 Å². The van der Waals surface area contributed by atoms with E-state index in [1.54, 1.807) is 24.4 Å². The van der Waals surface area contributed by atoms with Crippen LogP contribution in [0.1, 0.15) is 6.42 Å². The van der Waals surface area contributed by atoms with Crippen molar-refractivity contribution >= 4 is 34.4 Å². The summed E-state index contributed by atoms with van der Waals surface area (Å²) in [6, 6.07) is 6.96. The highest BCUT2D eigenvalue weighted by molar-refractivity contribution is 6.35. The van der Waals surface area contributed by atoms with Gasteiger partial charge in [0.25, 0.3) is 5.91 Å². The molecule has 0 radical (unpaired) electrons. The summed E-state index contributed by atoms with van der Waals surface area (Å²) in [5.74, 6) is -0.885. The molecule has 1 aliphatic rings. The van der Waals surface area contributed by atoms with Gasteiger partial charge in [0.2, 0.25) is 0 Å². The van der Waals surface area contributed by atoms with Crippen molar-refractivity contribution in [2.24, 2.45) is 0 Å². The Bertz CT molecular complexity index is 749. The summed E-state index contributed by atoms with van der Waals surface area (Å²) in [5.41, 5.74) is 0.583. The summed E-state index contributed by atoms with van der Waals surface area (Å²) >= 11 is 6.12.